The van der Waals surface area contributed by atoms with Crippen LogP contribution in [0.2, 0.25) is 0 Å². The van der Waals surface area contributed by atoms with E-state index in [2.05, 4.69) is 29.4 Å². The summed E-state index contributed by atoms with van der Waals surface area (Å²) in [6, 6.07) is 6.37. The molecule has 0 aliphatic heterocycles. The number of carbonyl (C=O) groups is 1. The number of carbonyl (C=O) groups excluding carboxylic acids is 1. The van der Waals surface area contributed by atoms with Crippen molar-refractivity contribution < 1.29 is 9.18 Å². The number of aryl methyl sites for hydroxylation is 1. The van der Waals surface area contributed by atoms with Crippen molar-refractivity contribution in [2.24, 2.45) is 0 Å². The van der Waals surface area contributed by atoms with Crippen molar-refractivity contribution in [2.75, 3.05) is 0 Å². The topological polar surface area (TPSA) is 29.1 Å². The third kappa shape index (κ3) is 2.60. The normalized spacial score (nSPS) is 17.6. The van der Waals surface area contributed by atoms with Gasteiger partial charge in [0.05, 0.1) is 6.04 Å². The molecule has 0 bridgehead atoms. The largest absolute Gasteiger partial charge is 0.345 e. The monoisotopic (exact) mass is 307 g/mol. The van der Waals surface area contributed by atoms with Crippen molar-refractivity contribution in [3.8, 4) is 0 Å². The van der Waals surface area contributed by atoms with Gasteiger partial charge in [0.15, 0.2) is 0 Å². The van der Waals surface area contributed by atoms with Crippen molar-refractivity contribution in [2.45, 2.75) is 30.2 Å². The van der Waals surface area contributed by atoms with Gasteiger partial charge >= 0.3 is 0 Å². The standard InChI is InChI=1S/C15H14FNOS2/c16-11-5-4-9(8-13(11)19)15(18)17-12-2-1-3-14-10(12)6-7-20-14/h4-8,12,19H,1-3H2,(H,17,18). The number of nitrogens with one attached hydrogen (secondary N) is 1. The van der Waals surface area contributed by atoms with Gasteiger partial charge in [0.25, 0.3) is 5.91 Å². The van der Waals surface area contributed by atoms with Crippen LogP contribution in [0.25, 0.3) is 0 Å². The van der Waals surface area contributed by atoms with Crippen LogP contribution in [0, 0.1) is 5.82 Å². The second-order valence-corrected chi connectivity index (χ2v) is 6.37. The van der Waals surface area contributed by atoms with Crippen molar-refractivity contribution in [3.63, 3.8) is 0 Å². The molecular formula is C15H14FNOS2. The molecule has 1 amide bonds. The summed E-state index contributed by atoms with van der Waals surface area (Å²) < 4.78 is 13.2. The molecule has 0 fully saturated rings. The Hall–Kier alpha value is -1.33. The van der Waals surface area contributed by atoms with Crippen LogP contribution in [-0.2, 0) is 6.42 Å². The Balaban J connectivity index is 1.79. The van der Waals surface area contributed by atoms with E-state index in [4.69, 9.17) is 0 Å². The van der Waals surface area contributed by atoms with E-state index >= 15 is 0 Å². The average molecular weight is 307 g/mol. The van der Waals surface area contributed by atoms with Crippen molar-refractivity contribution in [1.82, 2.24) is 5.32 Å². The number of thiol groups is 1. The van der Waals surface area contributed by atoms with Gasteiger partial charge in [-0.2, -0.15) is 0 Å². The maximum Gasteiger partial charge on any atom is 0.251 e. The summed E-state index contributed by atoms with van der Waals surface area (Å²) in [7, 11) is 0. The van der Waals surface area contributed by atoms with Crippen LogP contribution in [0.3, 0.4) is 0 Å². The van der Waals surface area contributed by atoms with Gasteiger partial charge < -0.3 is 5.32 Å². The van der Waals surface area contributed by atoms with E-state index in [0.29, 0.717) is 5.56 Å². The zero-order chi connectivity index (χ0) is 14.1. The summed E-state index contributed by atoms with van der Waals surface area (Å²) in [5.74, 6) is -0.591. The third-order valence-electron chi connectivity index (χ3n) is 3.57. The molecule has 3 rings (SSSR count). The van der Waals surface area contributed by atoms with Gasteiger partial charge in [-0.25, -0.2) is 4.39 Å². The highest BCUT2D eigenvalue weighted by Crippen LogP contribution is 2.33. The molecule has 104 valence electrons. The maximum absolute atomic E-state index is 13.2. The zero-order valence-electron chi connectivity index (χ0n) is 10.7. The second-order valence-electron chi connectivity index (χ2n) is 4.88. The number of amides is 1. The van der Waals surface area contributed by atoms with Gasteiger partial charge in [0, 0.05) is 15.3 Å². The zero-order valence-corrected chi connectivity index (χ0v) is 12.4. The number of fused-ring (bicyclic) bond motifs is 1. The molecule has 0 radical (unpaired) electrons. The molecule has 0 spiro atoms. The summed E-state index contributed by atoms with van der Waals surface area (Å²) in [5, 5.41) is 5.10. The van der Waals surface area contributed by atoms with E-state index in [1.54, 1.807) is 11.3 Å². The molecule has 5 heteroatoms. The molecule has 20 heavy (non-hydrogen) atoms. The highest BCUT2D eigenvalue weighted by molar-refractivity contribution is 7.80. The minimum absolute atomic E-state index is 0.0610. The van der Waals surface area contributed by atoms with Gasteiger partial charge in [-0.1, -0.05) is 0 Å². The van der Waals surface area contributed by atoms with Crippen molar-refractivity contribution in [1.29, 1.82) is 0 Å². The first-order valence-electron chi connectivity index (χ1n) is 6.51. The van der Waals surface area contributed by atoms with Gasteiger partial charge in [-0.3, -0.25) is 4.79 Å². The Morgan fingerprint density at radius 3 is 3.05 bits per heavy atom. The van der Waals surface area contributed by atoms with Gasteiger partial charge in [0.2, 0.25) is 0 Å². The SMILES string of the molecule is O=C(NC1CCCc2sccc21)c1ccc(F)c(S)c1. The van der Waals surface area contributed by atoms with E-state index in [0.717, 1.165) is 19.3 Å². The number of hydrogen-bond donors (Lipinski definition) is 2. The molecule has 1 aliphatic carbocycles. The Morgan fingerprint density at radius 1 is 1.40 bits per heavy atom. The summed E-state index contributed by atoms with van der Waals surface area (Å²) in [4.78, 5) is 13.8. The van der Waals surface area contributed by atoms with Crippen LogP contribution >= 0.6 is 24.0 Å². The molecule has 0 saturated heterocycles. The predicted molar refractivity (Wildman–Crippen MR) is 81.1 cm³/mol. The molecule has 1 N–H and O–H groups in total. The smallest absolute Gasteiger partial charge is 0.251 e. The predicted octanol–water partition coefficient (Wildman–Crippen LogP) is 3.98. The quantitative estimate of drug-likeness (QED) is 0.807. The molecule has 1 aromatic heterocycles. The Bertz CT molecular complexity index is 653. The molecule has 2 nitrogen and oxygen atoms in total. The minimum Gasteiger partial charge on any atom is -0.345 e. The van der Waals surface area contributed by atoms with E-state index in [9.17, 15) is 9.18 Å². The van der Waals surface area contributed by atoms with Crippen LogP contribution in [0.5, 0.6) is 0 Å². The lowest BCUT2D eigenvalue weighted by Gasteiger charge is -2.23. The maximum atomic E-state index is 13.2. The molecule has 1 unspecified atom stereocenters. The highest BCUT2D eigenvalue weighted by Gasteiger charge is 2.23. The molecule has 1 atom stereocenters. The number of halogens is 1. The van der Waals surface area contributed by atoms with Crippen LogP contribution in [0.15, 0.2) is 34.5 Å². The summed E-state index contributed by atoms with van der Waals surface area (Å²) >= 11 is 5.75. The molecule has 1 heterocycles. The fraction of sp³-hybridized carbons (Fsp3) is 0.267. The van der Waals surface area contributed by atoms with Crippen LogP contribution in [0.4, 0.5) is 4.39 Å². The van der Waals surface area contributed by atoms with E-state index in [1.165, 1.54) is 28.6 Å². The fourth-order valence-electron chi connectivity index (χ4n) is 2.53. The van der Waals surface area contributed by atoms with Crippen LogP contribution in [-0.4, -0.2) is 5.91 Å². The summed E-state index contributed by atoms with van der Waals surface area (Å²) in [6.07, 6.45) is 3.13. The first kappa shape index (κ1) is 13.6. The van der Waals surface area contributed by atoms with E-state index in [-0.39, 0.29) is 16.8 Å². The van der Waals surface area contributed by atoms with Gasteiger partial charge in [0.1, 0.15) is 5.82 Å². The van der Waals surface area contributed by atoms with Crippen LogP contribution < -0.4 is 5.32 Å². The lowest BCUT2D eigenvalue weighted by Crippen LogP contribution is -2.30. The van der Waals surface area contributed by atoms with E-state index < -0.39 is 5.82 Å². The summed E-state index contributed by atoms with van der Waals surface area (Å²) in [5.41, 5.74) is 1.67. The number of thiophene rings is 1. The lowest BCUT2D eigenvalue weighted by atomic mass is 9.94. The molecule has 0 saturated carbocycles. The van der Waals surface area contributed by atoms with Crippen LogP contribution in [0.1, 0.15) is 39.7 Å². The van der Waals surface area contributed by atoms with Gasteiger partial charge in [-0.05, 0) is 54.5 Å². The lowest BCUT2D eigenvalue weighted by molar-refractivity contribution is 0.0932. The number of rotatable bonds is 2. The second kappa shape index (κ2) is 5.58. The fourth-order valence-corrected chi connectivity index (χ4v) is 3.73. The molecule has 1 aromatic carbocycles. The Morgan fingerprint density at radius 2 is 2.25 bits per heavy atom. The number of hydrogen-bond acceptors (Lipinski definition) is 3. The van der Waals surface area contributed by atoms with Gasteiger partial charge in [-0.15, -0.1) is 24.0 Å². The highest BCUT2D eigenvalue weighted by atomic mass is 32.1. The molecule has 2 aromatic rings. The first-order valence-corrected chi connectivity index (χ1v) is 7.83. The number of benzene rings is 1. The molecule has 1 aliphatic rings. The minimum atomic E-state index is -0.414. The average Bonchev–Trinajstić information content (AvgIpc) is 2.91. The Kier molecular flexibility index (Phi) is 3.81. The first-order chi connectivity index (χ1) is 9.65. The Labute approximate surface area is 126 Å². The van der Waals surface area contributed by atoms with Crippen molar-refractivity contribution in [3.05, 3.63) is 51.5 Å². The van der Waals surface area contributed by atoms with E-state index in [1.807, 2.05) is 0 Å². The molecular weight excluding hydrogens is 293 g/mol. The van der Waals surface area contributed by atoms with Crippen molar-refractivity contribution >= 4 is 29.9 Å². The summed E-state index contributed by atoms with van der Waals surface area (Å²) in [6.45, 7) is 0. The third-order valence-corrected chi connectivity index (χ3v) is 4.90.